The molecule has 0 aromatic heterocycles. The maximum absolute atomic E-state index is 10.7. The van der Waals surface area contributed by atoms with Crippen LogP contribution in [0.1, 0.15) is 31.7 Å². The standard InChI is InChI=1S/C14H15N3O3/c1-14-9-3-2-4-12(14)15-13(16(14)18)10-5-7-11(8-6-10)17(19)20/h4-8,18H,2-3,9H2,1H3/t14-/m0/s1. The second-order valence-corrected chi connectivity index (χ2v) is 5.31. The van der Waals surface area contributed by atoms with Crippen molar-refractivity contribution in [3.8, 4) is 0 Å². The first-order valence-electron chi connectivity index (χ1n) is 6.56. The van der Waals surface area contributed by atoms with Gasteiger partial charge in [0.25, 0.3) is 5.69 Å². The fraction of sp³-hybridized carbons (Fsp3) is 0.357. The number of rotatable bonds is 2. The Morgan fingerprint density at radius 3 is 2.70 bits per heavy atom. The van der Waals surface area contributed by atoms with E-state index in [1.54, 1.807) is 12.1 Å². The van der Waals surface area contributed by atoms with Crippen molar-refractivity contribution in [1.82, 2.24) is 5.06 Å². The van der Waals surface area contributed by atoms with Crippen molar-refractivity contribution < 1.29 is 10.1 Å². The number of non-ortho nitro benzene ring substituents is 1. The summed E-state index contributed by atoms with van der Waals surface area (Å²) in [6.07, 6.45) is 4.87. The van der Waals surface area contributed by atoms with Crippen LogP contribution < -0.4 is 0 Å². The fourth-order valence-corrected chi connectivity index (χ4v) is 2.73. The van der Waals surface area contributed by atoms with Crippen molar-refractivity contribution in [3.63, 3.8) is 0 Å². The molecule has 20 heavy (non-hydrogen) atoms. The SMILES string of the molecule is C[C@]12CCCC=C1N=C(c1ccc([N+](=O)[O-])cc1)N2O. The summed E-state index contributed by atoms with van der Waals surface area (Å²) in [7, 11) is 0. The van der Waals surface area contributed by atoms with Gasteiger partial charge in [0.2, 0.25) is 0 Å². The Kier molecular flexibility index (Phi) is 2.83. The summed E-state index contributed by atoms with van der Waals surface area (Å²) >= 11 is 0. The highest BCUT2D eigenvalue weighted by Gasteiger charge is 2.44. The lowest BCUT2D eigenvalue weighted by Crippen LogP contribution is -2.45. The summed E-state index contributed by atoms with van der Waals surface area (Å²) in [5.41, 5.74) is 1.10. The monoisotopic (exact) mass is 273 g/mol. The van der Waals surface area contributed by atoms with Gasteiger partial charge in [0.15, 0.2) is 5.84 Å². The zero-order valence-electron chi connectivity index (χ0n) is 11.1. The van der Waals surface area contributed by atoms with E-state index in [4.69, 9.17) is 0 Å². The Morgan fingerprint density at radius 2 is 2.10 bits per heavy atom. The Bertz CT molecular complexity index is 621. The molecular formula is C14H15N3O3. The second kappa shape index (κ2) is 4.42. The lowest BCUT2D eigenvalue weighted by Gasteiger charge is -2.34. The lowest BCUT2D eigenvalue weighted by molar-refractivity contribution is -0.384. The van der Waals surface area contributed by atoms with E-state index in [0.29, 0.717) is 11.4 Å². The van der Waals surface area contributed by atoms with Crippen molar-refractivity contribution in [3.05, 3.63) is 51.7 Å². The normalized spacial score (nSPS) is 25.0. The molecule has 1 aliphatic heterocycles. The molecule has 1 heterocycles. The first-order chi connectivity index (χ1) is 9.52. The molecule has 6 nitrogen and oxygen atoms in total. The van der Waals surface area contributed by atoms with Gasteiger partial charge >= 0.3 is 0 Å². The summed E-state index contributed by atoms with van der Waals surface area (Å²) in [4.78, 5) is 14.7. The number of allylic oxidation sites excluding steroid dienone is 1. The van der Waals surface area contributed by atoms with E-state index in [-0.39, 0.29) is 5.69 Å². The highest BCUT2D eigenvalue weighted by molar-refractivity contribution is 6.01. The van der Waals surface area contributed by atoms with E-state index >= 15 is 0 Å². The van der Waals surface area contributed by atoms with Crippen molar-refractivity contribution in [2.75, 3.05) is 0 Å². The van der Waals surface area contributed by atoms with Crippen LogP contribution in [-0.4, -0.2) is 26.6 Å². The predicted molar refractivity (Wildman–Crippen MR) is 73.6 cm³/mol. The average Bonchev–Trinajstić information content (AvgIpc) is 2.72. The molecule has 3 rings (SSSR count). The minimum absolute atomic E-state index is 0.0275. The smallest absolute Gasteiger partial charge is 0.269 e. The summed E-state index contributed by atoms with van der Waals surface area (Å²) in [5, 5.41) is 22.3. The number of aliphatic imine (C=N–C) groups is 1. The van der Waals surface area contributed by atoms with E-state index in [0.717, 1.165) is 25.0 Å². The van der Waals surface area contributed by atoms with E-state index in [1.807, 2.05) is 13.0 Å². The first-order valence-corrected chi connectivity index (χ1v) is 6.56. The highest BCUT2D eigenvalue weighted by Crippen LogP contribution is 2.40. The molecule has 1 aromatic rings. The number of amidine groups is 1. The molecule has 1 N–H and O–H groups in total. The second-order valence-electron chi connectivity index (χ2n) is 5.31. The van der Waals surface area contributed by atoms with Gasteiger partial charge in [-0.2, -0.15) is 0 Å². The van der Waals surface area contributed by atoms with E-state index in [2.05, 4.69) is 4.99 Å². The largest absolute Gasteiger partial charge is 0.286 e. The average molecular weight is 273 g/mol. The number of fused-ring (bicyclic) bond motifs is 1. The van der Waals surface area contributed by atoms with Gasteiger partial charge in [-0.15, -0.1) is 0 Å². The van der Waals surface area contributed by atoms with Gasteiger partial charge in [-0.05, 0) is 38.3 Å². The molecule has 1 aliphatic carbocycles. The van der Waals surface area contributed by atoms with Gasteiger partial charge in [0.05, 0.1) is 10.6 Å². The zero-order valence-corrected chi connectivity index (χ0v) is 11.1. The van der Waals surface area contributed by atoms with Crippen LogP contribution in [0.3, 0.4) is 0 Å². The number of benzene rings is 1. The molecule has 1 aromatic carbocycles. The van der Waals surface area contributed by atoms with E-state index < -0.39 is 10.5 Å². The highest BCUT2D eigenvalue weighted by atomic mass is 16.6. The van der Waals surface area contributed by atoms with Crippen LogP contribution in [0.2, 0.25) is 0 Å². The molecule has 0 bridgehead atoms. The molecule has 6 heteroatoms. The van der Waals surface area contributed by atoms with Gasteiger partial charge in [-0.1, -0.05) is 6.08 Å². The van der Waals surface area contributed by atoms with Crippen LogP contribution in [0.25, 0.3) is 0 Å². The van der Waals surface area contributed by atoms with Crippen LogP contribution in [0.15, 0.2) is 41.0 Å². The van der Waals surface area contributed by atoms with Crippen LogP contribution in [0.4, 0.5) is 5.69 Å². The van der Waals surface area contributed by atoms with E-state index in [9.17, 15) is 15.3 Å². The summed E-state index contributed by atoms with van der Waals surface area (Å²) < 4.78 is 0. The van der Waals surface area contributed by atoms with Crippen molar-refractivity contribution in [2.45, 2.75) is 31.7 Å². The third kappa shape index (κ3) is 1.80. The van der Waals surface area contributed by atoms with Gasteiger partial charge in [-0.25, -0.2) is 10.1 Å². The Balaban J connectivity index is 1.97. The summed E-state index contributed by atoms with van der Waals surface area (Å²) in [6.45, 7) is 1.96. The van der Waals surface area contributed by atoms with E-state index in [1.165, 1.54) is 17.2 Å². The topological polar surface area (TPSA) is 79.0 Å². The van der Waals surface area contributed by atoms with Gasteiger partial charge in [-0.3, -0.25) is 15.3 Å². The van der Waals surface area contributed by atoms with Gasteiger partial charge in [0, 0.05) is 17.7 Å². The molecule has 0 saturated heterocycles. The van der Waals surface area contributed by atoms with Crippen LogP contribution in [0.5, 0.6) is 0 Å². The molecule has 0 unspecified atom stereocenters. The molecule has 1 atom stereocenters. The minimum Gasteiger partial charge on any atom is -0.286 e. The molecule has 0 spiro atoms. The maximum Gasteiger partial charge on any atom is 0.269 e. The van der Waals surface area contributed by atoms with Crippen LogP contribution >= 0.6 is 0 Å². The van der Waals surface area contributed by atoms with Crippen molar-refractivity contribution in [2.24, 2.45) is 4.99 Å². The Labute approximate surface area is 116 Å². The Morgan fingerprint density at radius 1 is 1.40 bits per heavy atom. The number of hydrogen-bond acceptors (Lipinski definition) is 5. The Hall–Kier alpha value is -2.21. The number of hydrogen-bond donors (Lipinski definition) is 1. The predicted octanol–water partition coefficient (Wildman–Crippen LogP) is 2.87. The molecule has 104 valence electrons. The van der Waals surface area contributed by atoms with Crippen LogP contribution in [0, 0.1) is 10.1 Å². The fourth-order valence-electron chi connectivity index (χ4n) is 2.73. The summed E-state index contributed by atoms with van der Waals surface area (Å²) in [6, 6.07) is 6.07. The van der Waals surface area contributed by atoms with Crippen LogP contribution in [-0.2, 0) is 0 Å². The molecule has 0 radical (unpaired) electrons. The number of nitrogens with zero attached hydrogens (tertiary/aromatic N) is 3. The first kappa shape index (κ1) is 12.8. The molecule has 0 fully saturated rings. The quantitative estimate of drug-likeness (QED) is 0.663. The number of nitro benzene ring substituents is 1. The number of nitro groups is 1. The third-order valence-corrected chi connectivity index (χ3v) is 3.99. The van der Waals surface area contributed by atoms with Gasteiger partial charge in [0.1, 0.15) is 5.54 Å². The third-order valence-electron chi connectivity index (χ3n) is 3.99. The molecule has 0 saturated carbocycles. The maximum atomic E-state index is 10.7. The van der Waals surface area contributed by atoms with Crippen molar-refractivity contribution in [1.29, 1.82) is 0 Å². The number of hydroxylamine groups is 2. The van der Waals surface area contributed by atoms with Crippen molar-refractivity contribution >= 4 is 11.5 Å². The minimum atomic E-state index is -0.477. The van der Waals surface area contributed by atoms with Gasteiger partial charge < -0.3 is 0 Å². The molecule has 2 aliphatic rings. The molecular weight excluding hydrogens is 258 g/mol. The molecule has 0 amide bonds. The summed E-state index contributed by atoms with van der Waals surface area (Å²) in [5.74, 6) is 0.454. The lowest BCUT2D eigenvalue weighted by atomic mass is 9.87. The zero-order chi connectivity index (χ0) is 14.3.